The van der Waals surface area contributed by atoms with Crippen molar-refractivity contribution in [2.45, 2.75) is 76.1 Å². The van der Waals surface area contributed by atoms with Crippen LogP contribution in [-0.2, 0) is 12.8 Å². The number of aliphatic hydroxyl groups is 1. The molecule has 0 bridgehead atoms. The summed E-state index contributed by atoms with van der Waals surface area (Å²) in [5, 5.41) is 20.3. The van der Waals surface area contributed by atoms with Crippen LogP contribution in [0, 0.1) is 18.6 Å². The lowest BCUT2D eigenvalue weighted by molar-refractivity contribution is 0.0728. The van der Waals surface area contributed by atoms with Gasteiger partial charge in [0.2, 0.25) is 0 Å². The Morgan fingerprint density at radius 3 is 2.70 bits per heavy atom. The van der Waals surface area contributed by atoms with Gasteiger partial charge in [-0.1, -0.05) is 0 Å². The van der Waals surface area contributed by atoms with E-state index in [2.05, 4.69) is 15.6 Å². The van der Waals surface area contributed by atoms with Crippen molar-refractivity contribution in [3.05, 3.63) is 80.3 Å². The van der Waals surface area contributed by atoms with Crippen molar-refractivity contribution in [3.63, 3.8) is 0 Å². The number of ether oxygens (including phenoxy) is 1. The summed E-state index contributed by atoms with van der Waals surface area (Å²) in [6.45, 7) is 3.75. The monoisotopic (exact) mass is 610 g/mol. The van der Waals surface area contributed by atoms with Crippen LogP contribution in [0.25, 0.3) is 0 Å². The Kier molecular flexibility index (Phi) is 8.74. The molecule has 6 rings (SSSR count). The van der Waals surface area contributed by atoms with E-state index in [9.17, 15) is 23.5 Å². The maximum Gasteiger partial charge on any atom is 0.258 e. The van der Waals surface area contributed by atoms with Crippen molar-refractivity contribution in [1.29, 1.82) is 0 Å². The summed E-state index contributed by atoms with van der Waals surface area (Å²) in [5.41, 5.74) is 2.64. The van der Waals surface area contributed by atoms with Crippen LogP contribution in [0.5, 0.6) is 5.75 Å². The van der Waals surface area contributed by atoms with Gasteiger partial charge in [0.15, 0.2) is 0 Å². The molecule has 3 aliphatic heterocycles. The van der Waals surface area contributed by atoms with E-state index in [-0.39, 0.29) is 30.0 Å². The predicted octanol–water partition coefficient (Wildman–Crippen LogP) is 4.49. The molecule has 228 valence electrons. The first-order valence-corrected chi connectivity index (χ1v) is 15.8. The van der Waals surface area contributed by atoms with Gasteiger partial charge in [-0.05, 0) is 93.8 Å². The minimum absolute atomic E-state index is 0.0301. The van der Waals surface area contributed by atoms with Crippen LogP contribution < -0.4 is 15.4 Å². The molecule has 2 amide bonds. The number of halogens is 2. The minimum atomic E-state index is -0.994. The van der Waals surface area contributed by atoms with Crippen LogP contribution in [0.2, 0.25) is 0 Å². The van der Waals surface area contributed by atoms with Crippen LogP contribution in [0.1, 0.15) is 80.7 Å². The fourth-order valence-corrected chi connectivity index (χ4v) is 7.44. The first kappa shape index (κ1) is 29.7. The number of carbonyl (C=O) groups excluding carboxylic acids is 2. The largest absolute Gasteiger partial charge is 0.492 e. The number of hydrogen-bond donors (Lipinski definition) is 3. The molecule has 11 heteroatoms. The molecule has 2 saturated heterocycles. The van der Waals surface area contributed by atoms with Crippen molar-refractivity contribution in [2.75, 3.05) is 19.7 Å². The Labute approximate surface area is 253 Å². The molecule has 0 radical (unpaired) electrons. The number of carbonyl (C=O) groups is 2. The van der Waals surface area contributed by atoms with Crippen molar-refractivity contribution < 1.29 is 28.2 Å². The van der Waals surface area contributed by atoms with Gasteiger partial charge in [-0.3, -0.25) is 9.59 Å². The van der Waals surface area contributed by atoms with Gasteiger partial charge in [0.1, 0.15) is 22.4 Å². The van der Waals surface area contributed by atoms with E-state index in [1.165, 1.54) is 12.1 Å². The van der Waals surface area contributed by atoms with E-state index in [1.807, 2.05) is 17.2 Å². The number of nitrogens with zero attached hydrogens (tertiary/aromatic N) is 2. The number of likely N-dealkylation sites (tertiary alicyclic amines) is 1. The third-order valence-corrected chi connectivity index (χ3v) is 9.61. The molecule has 0 unspecified atom stereocenters. The topological polar surface area (TPSA) is 104 Å². The van der Waals surface area contributed by atoms with Crippen molar-refractivity contribution in [1.82, 2.24) is 20.5 Å². The molecule has 2 fully saturated rings. The third-order valence-electron chi connectivity index (χ3n) is 8.55. The lowest BCUT2D eigenvalue weighted by Gasteiger charge is -2.29. The van der Waals surface area contributed by atoms with Crippen LogP contribution >= 0.6 is 11.3 Å². The van der Waals surface area contributed by atoms with E-state index in [4.69, 9.17) is 4.74 Å². The molecule has 0 saturated carbocycles. The molecular weight excluding hydrogens is 574 g/mol. The van der Waals surface area contributed by atoms with Gasteiger partial charge in [0.25, 0.3) is 11.8 Å². The molecular formula is C32H36F2N4O4S. The number of benzene rings is 2. The van der Waals surface area contributed by atoms with Gasteiger partial charge in [-0.25, -0.2) is 13.8 Å². The summed E-state index contributed by atoms with van der Waals surface area (Å²) >= 11 is 1.55. The first-order valence-electron chi connectivity index (χ1n) is 15.0. The second-order valence-electron chi connectivity index (χ2n) is 11.7. The molecule has 4 heterocycles. The number of thiazole rings is 1. The van der Waals surface area contributed by atoms with Crippen LogP contribution in [0.15, 0.2) is 35.7 Å². The standard InChI is InChI=1S/C32H36F2N4O4S/c1-18-17-43-31(36-18)27-7-3-9-38(27)32(41)24-15-21(14-20-5-4-10-42-29(20)24)30(40)37-26(28(39)25-6-2-8-35-25)13-19-11-22(33)16-23(34)12-19/h11-12,14-17,25-28,35,39H,2-10,13H2,1H3,(H,37,40)/t25-,26+,27-,28-/m1/s1. The molecule has 2 aromatic carbocycles. The number of rotatable bonds is 8. The highest BCUT2D eigenvalue weighted by atomic mass is 32.1. The van der Waals surface area contributed by atoms with Crippen molar-refractivity contribution >= 4 is 23.2 Å². The molecule has 43 heavy (non-hydrogen) atoms. The highest BCUT2D eigenvalue weighted by Gasteiger charge is 2.36. The van der Waals surface area contributed by atoms with E-state index >= 15 is 0 Å². The fourth-order valence-electron chi connectivity index (χ4n) is 6.49. The van der Waals surface area contributed by atoms with E-state index in [0.717, 1.165) is 61.0 Å². The number of aromatic nitrogens is 1. The average Bonchev–Trinajstić information content (AvgIpc) is 3.77. The molecule has 3 aromatic rings. The van der Waals surface area contributed by atoms with Crippen LogP contribution in [0.3, 0.4) is 0 Å². The zero-order chi connectivity index (χ0) is 30.1. The number of fused-ring (bicyclic) bond motifs is 1. The summed E-state index contributed by atoms with van der Waals surface area (Å²) in [6.07, 6.45) is 3.73. The van der Waals surface area contributed by atoms with Gasteiger partial charge in [-0.2, -0.15) is 0 Å². The summed E-state index contributed by atoms with van der Waals surface area (Å²) in [4.78, 5) is 34.3. The molecule has 4 atom stereocenters. The molecule has 0 spiro atoms. The fraction of sp³-hybridized carbons (Fsp3) is 0.469. The number of aryl methyl sites for hydroxylation is 2. The normalized spacial score (nSPS) is 21.3. The maximum atomic E-state index is 14.1. The molecule has 1 aromatic heterocycles. The predicted molar refractivity (Wildman–Crippen MR) is 158 cm³/mol. The summed E-state index contributed by atoms with van der Waals surface area (Å²) < 4.78 is 34.0. The lowest BCUT2D eigenvalue weighted by Crippen LogP contribution is -2.52. The quantitative estimate of drug-likeness (QED) is 0.348. The maximum absolute atomic E-state index is 14.1. The summed E-state index contributed by atoms with van der Waals surface area (Å²) in [7, 11) is 0. The molecule has 8 nitrogen and oxygen atoms in total. The van der Waals surface area contributed by atoms with Gasteiger partial charge < -0.3 is 25.4 Å². The van der Waals surface area contributed by atoms with E-state index < -0.39 is 29.7 Å². The zero-order valence-electron chi connectivity index (χ0n) is 24.1. The van der Waals surface area contributed by atoms with Crippen molar-refractivity contribution in [3.8, 4) is 5.75 Å². The number of amides is 2. The van der Waals surface area contributed by atoms with E-state index in [0.29, 0.717) is 36.4 Å². The molecule has 3 N–H and O–H groups in total. The van der Waals surface area contributed by atoms with Crippen molar-refractivity contribution in [2.24, 2.45) is 0 Å². The number of aliphatic hydroxyl groups excluding tert-OH is 1. The molecule has 0 aliphatic carbocycles. The molecule has 3 aliphatic rings. The minimum Gasteiger partial charge on any atom is -0.492 e. The highest BCUT2D eigenvalue weighted by Crippen LogP contribution is 2.38. The number of hydrogen-bond acceptors (Lipinski definition) is 7. The smallest absolute Gasteiger partial charge is 0.258 e. The lowest BCUT2D eigenvalue weighted by atomic mass is 9.94. The van der Waals surface area contributed by atoms with Gasteiger partial charge >= 0.3 is 0 Å². The average molecular weight is 611 g/mol. The summed E-state index contributed by atoms with van der Waals surface area (Å²) in [5.74, 6) is -1.62. The van der Waals surface area contributed by atoms with Gasteiger partial charge in [0.05, 0.1) is 30.4 Å². The van der Waals surface area contributed by atoms with Crippen LogP contribution in [0.4, 0.5) is 8.78 Å². The first-order chi connectivity index (χ1) is 20.8. The van der Waals surface area contributed by atoms with E-state index in [1.54, 1.807) is 23.5 Å². The Bertz CT molecular complexity index is 1490. The zero-order valence-corrected chi connectivity index (χ0v) is 24.9. The summed E-state index contributed by atoms with van der Waals surface area (Å²) in [6, 6.07) is 5.30. The third kappa shape index (κ3) is 6.44. The SMILES string of the molecule is Cc1csc([C@H]2CCCN2C(=O)c2cc(C(=O)N[C@@H](Cc3cc(F)cc(F)c3)[C@H](O)[C@H]3CCCN3)cc3c2OCCC3)n1. The highest BCUT2D eigenvalue weighted by molar-refractivity contribution is 7.09. The Balaban J connectivity index is 1.30. The number of nitrogens with one attached hydrogen (secondary N) is 2. The Morgan fingerprint density at radius 1 is 1.16 bits per heavy atom. The second-order valence-corrected chi connectivity index (χ2v) is 12.6. The van der Waals surface area contributed by atoms with Crippen LogP contribution in [-0.4, -0.2) is 64.7 Å². The van der Waals surface area contributed by atoms with Gasteiger partial charge in [-0.15, -0.1) is 11.3 Å². The van der Waals surface area contributed by atoms with Gasteiger partial charge in [0, 0.05) is 35.3 Å². The second kappa shape index (κ2) is 12.7. The Morgan fingerprint density at radius 2 is 1.98 bits per heavy atom. The Hall–Kier alpha value is -3.41.